The van der Waals surface area contributed by atoms with Crippen molar-refractivity contribution in [2.24, 2.45) is 5.92 Å². The summed E-state index contributed by atoms with van der Waals surface area (Å²) in [5.41, 5.74) is -1.38. The molecule has 2 unspecified atom stereocenters. The Morgan fingerprint density at radius 2 is 1.84 bits per heavy atom. The van der Waals surface area contributed by atoms with Crippen LogP contribution < -0.4 is 0 Å². The van der Waals surface area contributed by atoms with Crippen LogP contribution in [-0.4, -0.2) is 16.7 Å². The molecule has 1 aromatic carbocycles. The number of carbonyl (C=O) groups excluding carboxylic acids is 1. The molecule has 0 radical (unpaired) electrons. The van der Waals surface area contributed by atoms with Crippen molar-refractivity contribution in [1.82, 2.24) is 0 Å². The van der Waals surface area contributed by atoms with E-state index in [1.807, 2.05) is 18.2 Å². The Kier molecular flexibility index (Phi) is 4.53. The summed E-state index contributed by atoms with van der Waals surface area (Å²) in [5.74, 6) is -1.18. The lowest BCUT2D eigenvalue weighted by molar-refractivity contribution is -0.166. The van der Waals surface area contributed by atoms with Crippen LogP contribution in [0.15, 0.2) is 43.0 Å². The van der Waals surface area contributed by atoms with Crippen molar-refractivity contribution in [3.63, 3.8) is 0 Å². The number of carbonyl (C=O) groups is 1. The van der Waals surface area contributed by atoms with Gasteiger partial charge >= 0.3 is 5.97 Å². The van der Waals surface area contributed by atoms with E-state index >= 15 is 0 Å². The van der Waals surface area contributed by atoms with Gasteiger partial charge in [-0.05, 0) is 33.3 Å². The van der Waals surface area contributed by atoms with Crippen LogP contribution in [0.25, 0.3) is 0 Å². The Morgan fingerprint density at radius 1 is 1.32 bits per heavy atom. The number of aliphatic hydroxyl groups is 1. The Morgan fingerprint density at radius 3 is 2.26 bits per heavy atom. The molecule has 0 aromatic heterocycles. The molecule has 3 nitrogen and oxygen atoms in total. The van der Waals surface area contributed by atoms with Gasteiger partial charge in [0.2, 0.25) is 0 Å². The van der Waals surface area contributed by atoms with Gasteiger partial charge in [-0.2, -0.15) is 0 Å². The Labute approximate surface area is 114 Å². The summed E-state index contributed by atoms with van der Waals surface area (Å²) >= 11 is 0. The van der Waals surface area contributed by atoms with E-state index in [1.54, 1.807) is 39.8 Å². The molecule has 104 valence electrons. The molecular weight excluding hydrogens is 240 g/mol. The number of ether oxygens (including phenoxy) is 1. The zero-order valence-corrected chi connectivity index (χ0v) is 12.0. The first-order chi connectivity index (χ1) is 8.70. The monoisotopic (exact) mass is 262 g/mol. The second-order valence-electron chi connectivity index (χ2n) is 5.65. The third-order valence-electron chi connectivity index (χ3n) is 2.97. The first-order valence-electron chi connectivity index (χ1n) is 6.35. The van der Waals surface area contributed by atoms with Crippen molar-refractivity contribution in [2.45, 2.75) is 38.9 Å². The lowest BCUT2D eigenvalue weighted by Crippen LogP contribution is -2.39. The summed E-state index contributed by atoms with van der Waals surface area (Å²) in [6, 6.07) is 9.01. The Balaban J connectivity index is 3.03. The number of rotatable bonds is 4. The van der Waals surface area contributed by atoms with Crippen LogP contribution in [0, 0.1) is 5.92 Å². The zero-order chi connectivity index (χ0) is 14.7. The van der Waals surface area contributed by atoms with E-state index in [9.17, 15) is 9.90 Å². The Bertz CT molecular complexity index is 445. The summed E-state index contributed by atoms with van der Waals surface area (Å²) < 4.78 is 5.32. The van der Waals surface area contributed by atoms with Gasteiger partial charge in [0.25, 0.3) is 0 Å². The van der Waals surface area contributed by atoms with Gasteiger partial charge in [0.1, 0.15) is 11.2 Å². The summed E-state index contributed by atoms with van der Waals surface area (Å²) in [6.45, 7) is 10.7. The lowest BCUT2D eigenvalue weighted by atomic mass is 9.82. The molecule has 0 aliphatic carbocycles. The van der Waals surface area contributed by atoms with Crippen molar-refractivity contribution >= 4 is 5.97 Å². The van der Waals surface area contributed by atoms with Gasteiger partial charge in [-0.15, -0.1) is 0 Å². The minimum atomic E-state index is -1.43. The highest BCUT2D eigenvalue weighted by Gasteiger charge is 2.39. The van der Waals surface area contributed by atoms with Crippen molar-refractivity contribution in [2.75, 3.05) is 0 Å². The number of benzene rings is 1. The highest BCUT2D eigenvalue weighted by molar-refractivity contribution is 5.74. The molecule has 1 aromatic rings. The van der Waals surface area contributed by atoms with Crippen LogP contribution in [-0.2, 0) is 15.1 Å². The molecule has 0 saturated heterocycles. The average molecular weight is 262 g/mol. The molecule has 19 heavy (non-hydrogen) atoms. The third kappa shape index (κ3) is 3.67. The van der Waals surface area contributed by atoms with E-state index in [4.69, 9.17) is 4.74 Å². The lowest BCUT2D eigenvalue weighted by Gasteiger charge is -2.32. The van der Waals surface area contributed by atoms with Crippen molar-refractivity contribution in [3.8, 4) is 0 Å². The van der Waals surface area contributed by atoms with E-state index in [1.165, 1.54) is 6.08 Å². The van der Waals surface area contributed by atoms with Gasteiger partial charge < -0.3 is 9.84 Å². The molecule has 0 spiro atoms. The SMILES string of the molecule is C=CC(O)(c1ccccc1)C(C)C(=O)OC(C)(C)C. The standard InChI is InChI=1S/C16H22O3/c1-6-16(18,13-10-8-7-9-11-13)12(2)14(17)19-15(3,4)5/h6-12,18H,1H2,2-5H3. The second-order valence-corrected chi connectivity index (χ2v) is 5.65. The predicted octanol–water partition coefficient (Wildman–Crippen LogP) is 3.04. The maximum Gasteiger partial charge on any atom is 0.312 e. The highest BCUT2D eigenvalue weighted by Crippen LogP contribution is 2.32. The predicted molar refractivity (Wildman–Crippen MR) is 75.5 cm³/mol. The summed E-state index contributed by atoms with van der Waals surface area (Å²) in [6.07, 6.45) is 1.39. The van der Waals surface area contributed by atoms with E-state index < -0.39 is 23.1 Å². The van der Waals surface area contributed by atoms with Gasteiger partial charge in [0, 0.05) is 0 Å². The largest absolute Gasteiger partial charge is 0.460 e. The summed E-state index contributed by atoms with van der Waals surface area (Å²) in [4.78, 5) is 12.1. The first-order valence-corrected chi connectivity index (χ1v) is 6.35. The molecule has 1 rings (SSSR count). The van der Waals surface area contributed by atoms with Gasteiger partial charge in [-0.25, -0.2) is 0 Å². The average Bonchev–Trinajstić information content (AvgIpc) is 2.36. The van der Waals surface area contributed by atoms with E-state index in [0.717, 1.165) is 0 Å². The number of esters is 1. The molecule has 1 N–H and O–H groups in total. The summed E-state index contributed by atoms with van der Waals surface area (Å²) in [7, 11) is 0. The van der Waals surface area contributed by atoms with Crippen molar-refractivity contribution in [1.29, 1.82) is 0 Å². The molecule has 3 heteroatoms. The first kappa shape index (κ1) is 15.4. The fourth-order valence-corrected chi connectivity index (χ4v) is 1.82. The molecular formula is C16H22O3. The fourth-order valence-electron chi connectivity index (χ4n) is 1.82. The molecule has 0 bridgehead atoms. The normalized spacial score (nSPS) is 16.3. The molecule has 2 atom stereocenters. The second kappa shape index (κ2) is 5.57. The third-order valence-corrected chi connectivity index (χ3v) is 2.97. The van der Waals surface area contributed by atoms with Crippen LogP contribution in [0.5, 0.6) is 0 Å². The molecule has 0 amide bonds. The molecule has 0 aliphatic heterocycles. The van der Waals surface area contributed by atoms with E-state index in [0.29, 0.717) is 5.56 Å². The van der Waals surface area contributed by atoms with Gasteiger partial charge in [-0.3, -0.25) is 4.79 Å². The topological polar surface area (TPSA) is 46.5 Å². The van der Waals surface area contributed by atoms with E-state index in [2.05, 4.69) is 6.58 Å². The Hall–Kier alpha value is -1.61. The molecule has 0 heterocycles. The van der Waals surface area contributed by atoms with Gasteiger partial charge in [0.05, 0.1) is 5.92 Å². The smallest absolute Gasteiger partial charge is 0.312 e. The van der Waals surface area contributed by atoms with Crippen LogP contribution in [0.4, 0.5) is 0 Å². The van der Waals surface area contributed by atoms with Gasteiger partial charge in [-0.1, -0.05) is 43.0 Å². The minimum Gasteiger partial charge on any atom is -0.460 e. The van der Waals surface area contributed by atoms with Crippen molar-refractivity contribution in [3.05, 3.63) is 48.6 Å². The quantitative estimate of drug-likeness (QED) is 0.670. The zero-order valence-electron chi connectivity index (χ0n) is 12.0. The van der Waals surface area contributed by atoms with Crippen molar-refractivity contribution < 1.29 is 14.6 Å². The van der Waals surface area contributed by atoms with Crippen LogP contribution in [0.3, 0.4) is 0 Å². The van der Waals surface area contributed by atoms with Crippen LogP contribution in [0.2, 0.25) is 0 Å². The van der Waals surface area contributed by atoms with Gasteiger partial charge in [0.15, 0.2) is 0 Å². The highest BCUT2D eigenvalue weighted by atomic mass is 16.6. The van der Waals surface area contributed by atoms with Crippen LogP contribution in [0.1, 0.15) is 33.3 Å². The number of hydrogen-bond donors (Lipinski definition) is 1. The number of hydrogen-bond acceptors (Lipinski definition) is 3. The fraction of sp³-hybridized carbons (Fsp3) is 0.438. The minimum absolute atomic E-state index is 0.446. The molecule has 0 saturated carbocycles. The maximum absolute atomic E-state index is 12.1. The molecule has 0 fully saturated rings. The maximum atomic E-state index is 12.1. The molecule has 0 aliphatic rings. The summed E-state index contributed by atoms with van der Waals surface area (Å²) in [5, 5.41) is 10.7. The van der Waals surface area contributed by atoms with E-state index in [-0.39, 0.29) is 0 Å². The van der Waals surface area contributed by atoms with Crippen LogP contribution >= 0.6 is 0 Å².